The lowest BCUT2D eigenvalue weighted by atomic mass is 10.0. The number of alkyl carbamates (subject to hydrolysis) is 1. The highest BCUT2D eigenvalue weighted by Gasteiger charge is 2.39. The summed E-state index contributed by atoms with van der Waals surface area (Å²) < 4.78 is 25.7. The first kappa shape index (κ1) is 20.3. The zero-order valence-electron chi connectivity index (χ0n) is 16.6. The van der Waals surface area contributed by atoms with Gasteiger partial charge in [-0.3, -0.25) is 0 Å². The third kappa shape index (κ3) is 6.02. The Labute approximate surface area is 164 Å². The van der Waals surface area contributed by atoms with Crippen molar-refractivity contribution in [2.24, 2.45) is 0 Å². The summed E-state index contributed by atoms with van der Waals surface area (Å²) in [6.07, 6.45) is 1.98. The molecule has 150 valence electrons. The predicted molar refractivity (Wildman–Crippen MR) is 105 cm³/mol. The summed E-state index contributed by atoms with van der Waals surface area (Å²) in [7, 11) is -1.18. The van der Waals surface area contributed by atoms with Crippen LogP contribution in [-0.4, -0.2) is 51.5 Å². The van der Waals surface area contributed by atoms with E-state index < -0.39 is 16.6 Å². The van der Waals surface area contributed by atoms with E-state index in [2.05, 4.69) is 18.3 Å². The van der Waals surface area contributed by atoms with Crippen LogP contribution < -0.4 is 5.32 Å². The molecule has 3 rings (SSSR count). The lowest BCUT2D eigenvalue weighted by Gasteiger charge is -2.31. The highest BCUT2D eigenvalue weighted by molar-refractivity contribution is 7.82. The van der Waals surface area contributed by atoms with Crippen LogP contribution in [0, 0.1) is 0 Å². The van der Waals surface area contributed by atoms with Gasteiger partial charge in [-0.2, -0.15) is 0 Å². The molecule has 0 radical (unpaired) electrons. The molecule has 6 nitrogen and oxygen atoms in total. The summed E-state index contributed by atoms with van der Waals surface area (Å²) in [5.74, 6) is 0. The Bertz CT molecular complexity index is 704. The number of hydrogen-bond acceptors (Lipinski definition) is 4. The lowest BCUT2D eigenvalue weighted by molar-refractivity contribution is 0.0490. The largest absolute Gasteiger partial charge is 0.444 e. The quantitative estimate of drug-likeness (QED) is 0.780. The molecule has 7 heteroatoms. The van der Waals surface area contributed by atoms with E-state index in [4.69, 9.17) is 9.47 Å². The third-order valence-electron chi connectivity index (χ3n) is 4.72. The highest BCUT2D eigenvalue weighted by Crippen LogP contribution is 2.31. The van der Waals surface area contributed by atoms with Gasteiger partial charge in [0.05, 0.1) is 17.1 Å². The summed E-state index contributed by atoms with van der Waals surface area (Å²) >= 11 is 0. The van der Waals surface area contributed by atoms with E-state index in [-0.39, 0.29) is 17.7 Å². The van der Waals surface area contributed by atoms with E-state index in [1.165, 1.54) is 0 Å². The Balaban J connectivity index is 1.51. The van der Waals surface area contributed by atoms with Gasteiger partial charge in [0.25, 0.3) is 0 Å². The minimum atomic E-state index is -1.18. The van der Waals surface area contributed by atoms with E-state index in [1.54, 1.807) is 0 Å². The van der Waals surface area contributed by atoms with Gasteiger partial charge >= 0.3 is 6.09 Å². The molecule has 1 amide bonds. The maximum Gasteiger partial charge on any atom is 0.407 e. The van der Waals surface area contributed by atoms with Gasteiger partial charge in [-0.15, -0.1) is 0 Å². The molecule has 27 heavy (non-hydrogen) atoms. The van der Waals surface area contributed by atoms with Gasteiger partial charge in [-0.05, 0) is 58.2 Å². The van der Waals surface area contributed by atoms with Gasteiger partial charge in [0.15, 0.2) is 0 Å². The highest BCUT2D eigenvalue weighted by atomic mass is 32.2. The van der Waals surface area contributed by atoms with E-state index in [1.807, 2.05) is 43.3 Å². The topological polar surface area (TPSA) is 71.2 Å². The molecule has 0 aliphatic carbocycles. The molecule has 2 fully saturated rings. The molecule has 1 aromatic carbocycles. The van der Waals surface area contributed by atoms with Gasteiger partial charge < -0.3 is 14.8 Å². The lowest BCUT2D eigenvalue weighted by Crippen LogP contribution is -2.46. The Kier molecular flexibility index (Phi) is 5.93. The van der Waals surface area contributed by atoms with Crippen molar-refractivity contribution in [1.29, 1.82) is 0 Å². The zero-order chi connectivity index (χ0) is 19.7. The number of piperidine rings is 1. The smallest absolute Gasteiger partial charge is 0.407 e. The van der Waals surface area contributed by atoms with Crippen LogP contribution in [-0.2, 0) is 26.9 Å². The number of amides is 1. The van der Waals surface area contributed by atoms with Gasteiger partial charge in [-0.25, -0.2) is 13.3 Å². The summed E-state index contributed by atoms with van der Waals surface area (Å²) in [6, 6.07) is 8.02. The predicted octanol–water partition coefficient (Wildman–Crippen LogP) is 3.03. The standard InChI is InChI=1S/C20H30N2O4S/c1-19(2,3)26-18(23)21-16-8-10-22(11-9-16)27(24)17-7-5-6-15(12-17)13-20(4)14-25-20/h5-7,12,16H,8-11,13-14H2,1-4H3,(H,21,23). The molecule has 1 aromatic rings. The number of carbonyl (C=O) groups excluding carboxylic acids is 1. The molecule has 2 aliphatic rings. The maximum atomic E-state index is 12.9. The summed E-state index contributed by atoms with van der Waals surface area (Å²) in [4.78, 5) is 12.7. The fourth-order valence-corrected chi connectivity index (χ4v) is 4.50. The van der Waals surface area contributed by atoms with Crippen LogP contribution in [0.2, 0.25) is 0 Å². The Morgan fingerprint density at radius 1 is 1.37 bits per heavy atom. The second kappa shape index (κ2) is 7.89. The number of nitrogens with one attached hydrogen (secondary N) is 1. The molecule has 2 heterocycles. The van der Waals surface area contributed by atoms with E-state index in [9.17, 15) is 9.00 Å². The average molecular weight is 395 g/mol. The molecule has 2 aliphatic heterocycles. The van der Waals surface area contributed by atoms with Crippen molar-refractivity contribution >= 4 is 17.1 Å². The molecular formula is C20H30N2O4S. The van der Waals surface area contributed by atoms with Crippen molar-refractivity contribution < 1.29 is 18.5 Å². The number of hydrogen-bond donors (Lipinski definition) is 1. The average Bonchev–Trinajstić information content (AvgIpc) is 3.30. The SMILES string of the molecule is CC(C)(C)OC(=O)NC1CCN(S(=O)c2cccc(CC3(C)CO3)c2)CC1. The van der Waals surface area contributed by atoms with Gasteiger partial charge in [0, 0.05) is 25.6 Å². The fraction of sp³-hybridized carbons (Fsp3) is 0.650. The molecule has 2 saturated heterocycles. The summed E-state index contributed by atoms with van der Waals surface area (Å²) in [5, 5.41) is 2.92. The minimum Gasteiger partial charge on any atom is -0.444 e. The van der Waals surface area contributed by atoms with Crippen molar-refractivity contribution in [1.82, 2.24) is 9.62 Å². The number of rotatable bonds is 5. The first-order valence-electron chi connectivity index (χ1n) is 9.53. The zero-order valence-corrected chi connectivity index (χ0v) is 17.4. The van der Waals surface area contributed by atoms with Crippen LogP contribution in [0.3, 0.4) is 0 Å². The van der Waals surface area contributed by atoms with Crippen LogP contribution >= 0.6 is 0 Å². The van der Waals surface area contributed by atoms with Crippen molar-refractivity contribution in [3.8, 4) is 0 Å². The molecule has 0 aromatic heterocycles. The summed E-state index contributed by atoms with van der Waals surface area (Å²) in [5.41, 5.74) is 0.605. The number of nitrogens with zero attached hydrogens (tertiary/aromatic N) is 1. The van der Waals surface area contributed by atoms with E-state index in [0.29, 0.717) is 13.1 Å². The van der Waals surface area contributed by atoms with Crippen LogP contribution in [0.25, 0.3) is 0 Å². The monoisotopic (exact) mass is 394 g/mol. The molecular weight excluding hydrogens is 364 g/mol. The Morgan fingerprint density at radius 2 is 2.04 bits per heavy atom. The fourth-order valence-electron chi connectivity index (χ4n) is 3.21. The van der Waals surface area contributed by atoms with Crippen molar-refractivity contribution in [3.05, 3.63) is 29.8 Å². The van der Waals surface area contributed by atoms with Crippen molar-refractivity contribution in [2.75, 3.05) is 19.7 Å². The normalized spacial score (nSPS) is 25.0. The second-order valence-electron chi connectivity index (χ2n) is 8.66. The Hall–Kier alpha value is -1.44. The number of benzene rings is 1. The van der Waals surface area contributed by atoms with E-state index >= 15 is 0 Å². The number of carbonyl (C=O) groups is 1. The molecule has 2 unspecified atom stereocenters. The van der Waals surface area contributed by atoms with Crippen LogP contribution in [0.4, 0.5) is 4.79 Å². The molecule has 0 saturated carbocycles. The molecule has 1 N–H and O–H groups in total. The Morgan fingerprint density at radius 3 is 2.63 bits per heavy atom. The molecule has 0 spiro atoms. The van der Waals surface area contributed by atoms with Gasteiger partial charge in [0.1, 0.15) is 16.6 Å². The second-order valence-corrected chi connectivity index (χ2v) is 10.1. The third-order valence-corrected chi connectivity index (χ3v) is 6.22. The molecule has 0 bridgehead atoms. The molecule has 2 atom stereocenters. The minimum absolute atomic E-state index is 0.0498. The summed E-state index contributed by atoms with van der Waals surface area (Å²) in [6.45, 7) is 9.79. The first-order valence-corrected chi connectivity index (χ1v) is 10.6. The van der Waals surface area contributed by atoms with Crippen LogP contribution in [0.5, 0.6) is 0 Å². The van der Waals surface area contributed by atoms with Crippen LogP contribution in [0.1, 0.15) is 46.1 Å². The van der Waals surface area contributed by atoms with Crippen molar-refractivity contribution in [2.45, 2.75) is 69.1 Å². The number of epoxide rings is 1. The van der Waals surface area contributed by atoms with E-state index in [0.717, 1.165) is 36.3 Å². The first-order chi connectivity index (χ1) is 12.6. The maximum absolute atomic E-state index is 12.9. The van der Waals surface area contributed by atoms with Crippen LogP contribution in [0.15, 0.2) is 29.2 Å². The van der Waals surface area contributed by atoms with Gasteiger partial charge in [-0.1, -0.05) is 12.1 Å². The van der Waals surface area contributed by atoms with Crippen molar-refractivity contribution in [3.63, 3.8) is 0 Å². The number of ether oxygens (including phenoxy) is 2. The van der Waals surface area contributed by atoms with Gasteiger partial charge in [0.2, 0.25) is 0 Å².